The number of rotatable bonds is 10. The molecule has 2 rings (SSSR count). The SMILES string of the molecule is CCCC[C@H](CC)CNC(=O)NNC(=O)c1ccc(COc2ccccc2)o1. The van der Waals surface area contributed by atoms with Crippen molar-refractivity contribution >= 4 is 11.9 Å². The van der Waals surface area contributed by atoms with Crippen molar-refractivity contribution in [2.45, 2.75) is 46.1 Å². The number of hydrazine groups is 1. The molecular weight excluding hydrogens is 358 g/mol. The summed E-state index contributed by atoms with van der Waals surface area (Å²) in [5.74, 6) is 1.24. The molecule has 0 radical (unpaired) electrons. The van der Waals surface area contributed by atoms with Gasteiger partial charge in [-0.1, -0.05) is 51.3 Å². The molecule has 0 unspecified atom stereocenters. The molecule has 1 heterocycles. The van der Waals surface area contributed by atoms with E-state index in [9.17, 15) is 9.59 Å². The van der Waals surface area contributed by atoms with Crippen molar-refractivity contribution in [3.8, 4) is 5.75 Å². The van der Waals surface area contributed by atoms with Gasteiger partial charge >= 0.3 is 11.9 Å². The first-order chi connectivity index (χ1) is 13.6. The summed E-state index contributed by atoms with van der Waals surface area (Å²) in [6, 6.07) is 12.1. The number of furan rings is 1. The van der Waals surface area contributed by atoms with Crippen molar-refractivity contribution in [1.29, 1.82) is 0 Å². The zero-order valence-corrected chi connectivity index (χ0v) is 16.5. The van der Waals surface area contributed by atoms with Crippen LogP contribution in [0.5, 0.6) is 5.75 Å². The third-order valence-electron chi connectivity index (χ3n) is 4.39. The van der Waals surface area contributed by atoms with Crippen molar-refractivity contribution in [2.24, 2.45) is 5.92 Å². The molecule has 1 aromatic heterocycles. The lowest BCUT2D eigenvalue weighted by Gasteiger charge is -2.15. The lowest BCUT2D eigenvalue weighted by molar-refractivity contribution is 0.0904. The quantitative estimate of drug-likeness (QED) is 0.537. The van der Waals surface area contributed by atoms with E-state index in [1.165, 1.54) is 6.07 Å². The van der Waals surface area contributed by atoms with E-state index < -0.39 is 11.9 Å². The molecule has 0 aliphatic carbocycles. The summed E-state index contributed by atoms with van der Waals surface area (Å²) in [5, 5.41) is 2.78. The monoisotopic (exact) mass is 387 g/mol. The van der Waals surface area contributed by atoms with Gasteiger partial charge in [0.05, 0.1) is 0 Å². The largest absolute Gasteiger partial charge is 0.486 e. The fourth-order valence-corrected chi connectivity index (χ4v) is 2.65. The number of urea groups is 1. The van der Waals surface area contributed by atoms with Gasteiger partial charge in [-0.25, -0.2) is 10.2 Å². The Labute approximate surface area is 165 Å². The van der Waals surface area contributed by atoms with Gasteiger partial charge in [0.15, 0.2) is 5.76 Å². The molecule has 1 atom stereocenters. The van der Waals surface area contributed by atoms with Crippen LogP contribution in [0.1, 0.15) is 55.8 Å². The summed E-state index contributed by atoms with van der Waals surface area (Å²) in [6.45, 7) is 5.05. The van der Waals surface area contributed by atoms with Gasteiger partial charge in [-0.3, -0.25) is 10.2 Å². The number of hydrogen-bond acceptors (Lipinski definition) is 4. The van der Waals surface area contributed by atoms with Crippen LogP contribution < -0.4 is 20.9 Å². The van der Waals surface area contributed by atoms with E-state index in [4.69, 9.17) is 9.15 Å². The average molecular weight is 387 g/mol. The molecule has 0 aliphatic heterocycles. The van der Waals surface area contributed by atoms with Gasteiger partial charge in [0, 0.05) is 6.54 Å². The molecule has 152 valence electrons. The molecule has 0 saturated carbocycles. The van der Waals surface area contributed by atoms with E-state index >= 15 is 0 Å². The summed E-state index contributed by atoms with van der Waals surface area (Å²) in [7, 11) is 0. The second-order valence-corrected chi connectivity index (χ2v) is 6.57. The van der Waals surface area contributed by atoms with Gasteiger partial charge in [-0.2, -0.15) is 0 Å². The van der Waals surface area contributed by atoms with Gasteiger partial charge < -0.3 is 14.5 Å². The number of unbranched alkanes of at least 4 members (excludes halogenated alkanes) is 1. The van der Waals surface area contributed by atoms with Gasteiger partial charge in [-0.15, -0.1) is 0 Å². The number of amides is 3. The highest BCUT2D eigenvalue weighted by molar-refractivity contribution is 5.92. The Hall–Kier alpha value is -2.96. The second-order valence-electron chi connectivity index (χ2n) is 6.57. The molecule has 0 fully saturated rings. The lowest BCUT2D eigenvalue weighted by Crippen LogP contribution is -2.47. The number of carbonyl (C=O) groups is 2. The van der Waals surface area contributed by atoms with Gasteiger partial charge in [0.2, 0.25) is 0 Å². The van der Waals surface area contributed by atoms with Crippen molar-refractivity contribution in [3.05, 3.63) is 54.0 Å². The topological polar surface area (TPSA) is 92.6 Å². The molecule has 7 heteroatoms. The predicted octanol–water partition coefficient (Wildman–Crippen LogP) is 4.02. The van der Waals surface area contributed by atoms with E-state index in [-0.39, 0.29) is 12.4 Å². The first-order valence-corrected chi connectivity index (χ1v) is 9.73. The molecule has 7 nitrogen and oxygen atoms in total. The van der Waals surface area contributed by atoms with Crippen LogP contribution in [0, 0.1) is 5.92 Å². The minimum absolute atomic E-state index is 0.0985. The normalized spacial score (nSPS) is 11.5. The summed E-state index contributed by atoms with van der Waals surface area (Å²) in [6.07, 6.45) is 4.38. The highest BCUT2D eigenvalue weighted by atomic mass is 16.5. The Morgan fingerprint density at radius 1 is 1.07 bits per heavy atom. The van der Waals surface area contributed by atoms with Crippen LogP contribution in [0.2, 0.25) is 0 Å². The highest BCUT2D eigenvalue weighted by Crippen LogP contribution is 2.14. The summed E-state index contributed by atoms with van der Waals surface area (Å²) >= 11 is 0. The van der Waals surface area contributed by atoms with Crippen LogP contribution in [0.3, 0.4) is 0 Å². The maximum Gasteiger partial charge on any atom is 0.333 e. The smallest absolute Gasteiger partial charge is 0.333 e. The highest BCUT2D eigenvalue weighted by Gasteiger charge is 2.13. The maximum atomic E-state index is 12.1. The van der Waals surface area contributed by atoms with E-state index in [2.05, 4.69) is 30.0 Å². The zero-order valence-electron chi connectivity index (χ0n) is 16.5. The molecule has 0 aliphatic rings. The standard InChI is InChI=1S/C21H29N3O4/c1-3-5-9-16(4-2)14-22-21(26)24-23-20(25)19-13-12-18(28-19)15-27-17-10-7-6-8-11-17/h6-8,10-13,16H,3-5,9,14-15H2,1-2H3,(H,23,25)(H2,22,24,26)/t16-/m0/s1. The van der Waals surface area contributed by atoms with E-state index in [0.717, 1.165) is 25.7 Å². The van der Waals surface area contributed by atoms with Crippen LogP contribution in [-0.4, -0.2) is 18.5 Å². The Balaban J connectivity index is 1.71. The summed E-state index contributed by atoms with van der Waals surface area (Å²) < 4.78 is 11.0. The molecule has 3 N–H and O–H groups in total. The fourth-order valence-electron chi connectivity index (χ4n) is 2.65. The number of benzene rings is 1. The Morgan fingerprint density at radius 3 is 2.57 bits per heavy atom. The Bertz CT molecular complexity index is 730. The van der Waals surface area contributed by atoms with Crippen LogP contribution in [0.15, 0.2) is 46.9 Å². The first-order valence-electron chi connectivity index (χ1n) is 9.73. The molecule has 0 bridgehead atoms. The van der Waals surface area contributed by atoms with Crippen LogP contribution in [0.25, 0.3) is 0 Å². The molecule has 1 aromatic carbocycles. The second kappa shape index (κ2) is 11.7. The van der Waals surface area contributed by atoms with Crippen molar-refractivity contribution < 1.29 is 18.7 Å². The van der Waals surface area contributed by atoms with Crippen LogP contribution >= 0.6 is 0 Å². The lowest BCUT2D eigenvalue weighted by atomic mass is 9.99. The van der Waals surface area contributed by atoms with Gasteiger partial charge in [-0.05, 0) is 36.6 Å². The summed E-state index contributed by atoms with van der Waals surface area (Å²) in [4.78, 5) is 23.9. The number of nitrogens with one attached hydrogen (secondary N) is 3. The maximum absolute atomic E-state index is 12.1. The Kier molecular flexibility index (Phi) is 8.91. The molecule has 28 heavy (non-hydrogen) atoms. The predicted molar refractivity (Wildman–Crippen MR) is 107 cm³/mol. The molecular formula is C21H29N3O4. The molecule has 3 amide bonds. The average Bonchev–Trinajstić information content (AvgIpc) is 3.20. The minimum atomic E-state index is -0.529. The van der Waals surface area contributed by atoms with Crippen molar-refractivity contribution in [2.75, 3.05) is 6.54 Å². The number of carbonyl (C=O) groups excluding carboxylic acids is 2. The van der Waals surface area contributed by atoms with Crippen molar-refractivity contribution in [1.82, 2.24) is 16.2 Å². The third kappa shape index (κ3) is 7.34. The Morgan fingerprint density at radius 2 is 1.86 bits per heavy atom. The van der Waals surface area contributed by atoms with Gasteiger partial charge in [0.1, 0.15) is 18.1 Å². The van der Waals surface area contributed by atoms with E-state index in [1.54, 1.807) is 6.07 Å². The van der Waals surface area contributed by atoms with E-state index in [0.29, 0.717) is 24.0 Å². The fraction of sp³-hybridized carbons (Fsp3) is 0.429. The van der Waals surface area contributed by atoms with Crippen molar-refractivity contribution in [3.63, 3.8) is 0 Å². The zero-order chi connectivity index (χ0) is 20.2. The molecule has 0 spiro atoms. The van der Waals surface area contributed by atoms with E-state index in [1.807, 2.05) is 30.3 Å². The first kappa shape index (κ1) is 21.3. The van der Waals surface area contributed by atoms with Crippen LogP contribution in [0.4, 0.5) is 4.79 Å². The molecule has 2 aromatic rings. The van der Waals surface area contributed by atoms with Crippen LogP contribution in [-0.2, 0) is 6.61 Å². The molecule has 0 saturated heterocycles. The number of ether oxygens (including phenoxy) is 1. The third-order valence-corrected chi connectivity index (χ3v) is 4.39. The van der Waals surface area contributed by atoms with Gasteiger partial charge in [0.25, 0.3) is 0 Å². The number of hydrogen-bond donors (Lipinski definition) is 3. The summed E-state index contributed by atoms with van der Waals surface area (Å²) in [5.41, 5.74) is 4.68. The number of para-hydroxylation sites is 1. The minimum Gasteiger partial charge on any atom is -0.486 e.